The molecule has 1 amide bonds. The Bertz CT molecular complexity index is 1200. The minimum absolute atomic E-state index is 0.367. The second kappa shape index (κ2) is 11.6. The zero-order valence-corrected chi connectivity index (χ0v) is 21.9. The Morgan fingerprint density at radius 1 is 1.19 bits per heavy atom. The van der Waals surface area contributed by atoms with Crippen molar-refractivity contribution in [1.29, 1.82) is 5.26 Å². The van der Waals surface area contributed by atoms with Crippen LogP contribution in [0.1, 0.15) is 48.1 Å². The van der Waals surface area contributed by atoms with Gasteiger partial charge >= 0.3 is 0 Å². The number of nitriles is 1. The van der Waals surface area contributed by atoms with Crippen molar-refractivity contribution >= 4 is 34.9 Å². The molecule has 0 bridgehead atoms. The molecule has 2 fully saturated rings. The molecule has 8 nitrogen and oxygen atoms in total. The molecule has 2 aliphatic heterocycles. The molecular weight excluding hydrogens is 470 g/mol. The van der Waals surface area contributed by atoms with Crippen molar-refractivity contribution in [3.8, 4) is 6.07 Å². The Morgan fingerprint density at radius 2 is 1.94 bits per heavy atom. The number of carbonyl (C=O) groups excluding carboxylic acids is 1. The zero-order chi connectivity index (χ0) is 25.7. The Labute approximate surface area is 217 Å². The van der Waals surface area contributed by atoms with Crippen LogP contribution in [0, 0.1) is 17.9 Å². The third kappa shape index (κ3) is 5.43. The molecule has 0 radical (unpaired) electrons. The van der Waals surface area contributed by atoms with E-state index in [2.05, 4.69) is 38.7 Å². The summed E-state index contributed by atoms with van der Waals surface area (Å²) in [5, 5.41) is 9.86. The van der Waals surface area contributed by atoms with Gasteiger partial charge in [-0.1, -0.05) is 30.8 Å². The molecule has 3 heterocycles. The lowest BCUT2D eigenvalue weighted by atomic mass is 10.1. The number of pyridine rings is 1. The van der Waals surface area contributed by atoms with E-state index in [1.165, 1.54) is 11.8 Å². The number of carbonyl (C=O) groups is 1. The van der Waals surface area contributed by atoms with Crippen LogP contribution in [0.2, 0.25) is 0 Å². The highest BCUT2D eigenvalue weighted by Crippen LogP contribution is 2.43. The molecule has 1 atom stereocenters. The van der Waals surface area contributed by atoms with Crippen LogP contribution >= 0.6 is 11.8 Å². The molecule has 2 aromatic rings. The Hall–Kier alpha value is -3.27. The van der Waals surface area contributed by atoms with Crippen molar-refractivity contribution in [1.82, 2.24) is 9.88 Å². The first-order valence-electron chi connectivity index (χ1n) is 12.6. The fraction of sp³-hybridized carbons (Fsp3) is 0.481. The second-order valence-electron chi connectivity index (χ2n) is 9.35. The molecule has 2 N–H and O–H groups in total. The van der Waals surface area contributed by atoms with Gasteiger partial charge in [0.2, 0.25) is 11.6 Å². The van der Waals surface area contributed by atoms with Gasteiger partial charge in [-0.15, -0.1) is 0 Å². The lowest BCUT2D eigenvalue weighted by Crippen LogP contribution is -2.30. The van der Waals surface area contributed by atoms with E-state index in [4.69, 9.17) is 17.3 Å². The highest BCUT2D eigenvalue weighted by atomic mass is 32.2. The third-order valence-corrected chi connectivity index (χ3v) is 8.21. The SMILES string of the molecule is [C-]#[N+]c1c(N2CCCN(C)CC2)nc(SC(C(N)=O)c2cccc(N3CCCC3)c2)c(C#N)c1CC. The number of nitrogens with two attached hydrogens (primary N) is 1. The first-order valence-corrected chi connectivity index (χ1v) is 13.4. The predicted molar refractivity (Wildman–Crippen MR) is 145 cm³/mol. The van der Waals surface area contributed by atoms with Gasteiger partial charge in [0.25, 0.3) is 0 Å². The molecule has 1 aromatic heterocycles. The molecule has 4 rings (SSSR count). The summed E-state index contributed by atoms with van der Waals surface area (Å²) >= 11 is 1.22. The number of rotatable bonds is 7. The van der Waals surface area contributed by atoms with Gasteiger partial charge in [0.1, 0.15) is 22.2 Å². The average molecular weight is 504 g/mol. The highest BCUT2D eigenvalue weighted by Gasteiger charge is 2.28. The molecule has 0 saturated carbocycles. The molecule has 2 saturated heterocycles. The molecule has 36 heavy (non-hydrogen) atoms. The first-order chi connectivity index (χ1) is 17.5. The van der Waals surface area contributed by atoms with Crippen LogP contribution in [0.5, 0.6) is 0 Å². The monoisotopic (exact) mass is 503 g/mol. The summed E-state index contributed by atoms with van der Waals surface area (Å²) in [5.41, 5.74) is 9.28. The fourth-order valence-corrected chi connectivity index (χ4v) is 6.04. The van der Waals surface area contributed by atoms with Crippen molar-refractivity contribution in [3.63, 3.8) is 0 Å². The predicted octanol–water partition coefficient (Wildman–Crippen LogP) is 4.13. The number of likely N-dealkylation sites (N-methyl/N-ethyl adjacent to an activating group) is 1. The molecule has 9 heteroatoms. The van der Waals surface area contributed by atoms with Crippen LogP contribution in [-0.4, -0.2) is 62.1 Å². The number of hydrogen-bond acceptors (Lipinski definition) is 7. The average Bonchev–Trinajstić information content (AvgIpc) is 3.34. The number of nitrogens with zero attached hydrogens (tertiary/aromatic N) is 6. The van der Waals surface area contributed by atoms with Gasteiger partial charge in [-0.25, -0.2) is 9.83 Å². The Morgan fingerprint density at radius 3 is 2.61 bits per heavy atom. The molecule has 0 aliphatic carbocycles. The molecule has 188 valence electrons. The standard InChI is InChI=1S/C27H33N7OS/c1-4-21-22(18-28)27(31-26(23(21)30-2)34-14-8-11-32(3)15-16-34)36-24(25(29)35)19-9-7-10-20(17-19)33-12-5-6-13-33/h7,9-10,17,24H,4-6,8,11-16H2,1,3H3,(H2,29,35). The summed E-state index contributed by atoms with van der Waals surface area (Å²) in [6.07, 6.45) is 3.82. The molecule has 1 unspecified atom stereocenters. The van der Waals surface area contributed by atoms with Crippen molar-refractivity contribution < 1.29 is 4.79 Å². The third-order valence-electron chi connectivity index (χ3n) is 6.95. The van der Waals surface area contributed by atoms with Crippen molar-refractivity contribution in [2.45, 2.75) is 42.9 Å². The van der Waals surface area contributed by atoms with Gasteiger partial charge in [-0.3, -0.25) is 4.79 Å². The van der Waals surface area contributed by atoms with E-state index in [1.807, 2.05) is 25.1 Å². The number of anilines is 2. The van der Waals surface area contributed by atoms with Crippen molar-refractivity contribution in [2.24, 2.45) is 5.73 Å². The van der Waals surface area contributed by atoms with E-state index < -0.39 is 11.2 Å². The molecule has 2 aliphatic rings. The maximum atomic E-state index is 12.7. The summed E-state index contributed by atoms with van der Waals surface area (Å²) in [6, 6.07) is 10.2. The topological polar surface area (TPSA) is 93.8 Å². The van der Waals surface area contributed by atoms with Gasteiger partial charge in [0.15, 0.2) is 0 Å². The highest BCUT2D eigenvalue weighted by molar-refractivity contribution is 8.00. The van der Waals surface area contributed by atoms with Gasteiger partial charge in [0, 0.05) is 38.4 Å². The van der Waals surface area contributed by atoms with Gasteiger partial charge < -0.3 is 20.4 Å². The Kier molecular flexibility index (Phi) is 8.35. The van der Waals surface area contributed by atoms with Gasteiger partial charge in [-0.2, -0.15) is 5.26 Å². The lowest BCUT2D eigenvalue weighted by molar-refractivity contribution is -0.117. The minimum atomic E-state index is -0.696. The molecule has 1 aromatic carbocycles. The summed E-state index contributed by atoms with van der Waals surface area (Å²) in [5.74, 6) is 0.127. The number of benzene rings is 1. The minimum Gasteiger partial charge on any atom is -0.372 e. The smallest absolute Gasteiger partial charge is 0.235 e. The van der Waals surface area contributed by atoms with Crippen LogP contribution in [0.25, 0.3) is 4.85 Å². The van der Waals surface area contributed by atoms with E-state index in [0.717, 1.165) is 69.8 Å². The van der Waals surface area contributed by atoms with Crippen LogP contribution < -0.4 is 15.5 Å². The number of primary amides is 1. The Balaban J connectivity index is 1.76. The quantitative estimate of drug-likeness (QED) is 0.449. The van der Waals surface area contributed by atoms with Crippen molar-refractivity contribution in [2.75, 3.05) is 56.1 Å². The maximum Gasteiger partial charge on any atom is 0.235 e. The second-order valence-corrected chi connectivity index (χ2v) is 10.4. The van der Waals surface area contributed by atoms with E-state index in [1.54, 1.807) is 0 Å². The molecule has 0 spiro atoms. The number of amides is 1. The summed E-state index contributed by atoms with van der Waals surface area (Å²) in [4.78, 5) is 28.1. The van der Waals surface area contributed by atoms with E-state index in [-0.39, 0.29) is 0 Å². The van der Waals surface area contributed by atoms with Crippen LogP contribution in [-0.2, 0) is 11.2 Å². The summed E-state index contributed by atoms with van der Waals surface area (Å²) < 4.78 is 0. The first kappa shape index (κ1) is 25.8. The zero-order valence-electron chi connectivity index (χ0n) is 21.0. The number of hydrogen-bond donors (Lipinski definition) is 1. The van der Waals surface area contributed by atoms with Gasteiger partial charge in [0.05, 0.1) is 12.1 Å². The lowest BCUT2D eigenvalue weighted by Gasteiger charge is -2.26. The van der Waals surface area contributed by atoms with Crippen molar-refractivity contribution in [3.05, 3.63) is 52.4 Å². The largest absolute Gasteiger partial charge is 0.372 e. The normalized spacial score (nSPS) is 17.3. The van der Waals surface area contributed by atoms with E-state index >= 15 is 0 Å². The van der Waals surface area contributed by atoms with Crippen LogP contribution in [0.15, 0.2) is 29.3 Å². The van der Waals surface area contributed by atoms with E-state index in [0.29, 0.717) is 34.1 Å². The van der Waals surface area contributed by atoms with Crippen LogP contribution in [0.3, 0.4) is 0 Å². The summed E-state index contributed by atoms with van der Waals surface area (Å²) in [6.45, 7) is 15.2. The number of aromatic nitrogens is 1. The number of thioether (sulfide) groups is 1. The van der Waals surface area contributed by atoms with Crippen LogP contribution in [0.4, 0.5) is 17.2 Å². The van der Waals surface area contributed by atoms with E-state index in [9.17, 15) is 10.1 Å². The summed E-state index contributed by atoms with van der Waals surface area (Å²) in [7, 11) is 2.10. The fourth-order valence-electron chi connectivity index (χ4n) is 4.99. The molecular formula is C27H33N7OS. The van der Waals surface area contributed by atoms with Gasteiger partial charge in [-0.05, 0) is 62.5 Å². The maximum absolute atomic E-state index is 12.7.